The number of likely N-dealkylation sites (tertiary alicyclic amines) is 1. The van der Waals surface area contributed by atoms with Gasteiger partial charge in [-0.25, -0.2) is 4.79 Å². The molecule has 1 aliphatic heterocycles. The molecule has 5 aliphatic rings. The summed E-state index contributed by atoms with van der Waals surface area (Å²) in [5, 5.41) is 44.2. The lowest BCUT2D eigenvalue weighted by molar-refractivity contribution is -0.199. The van der Waals surface area contributed by atoms with Gasteiger partial charge in [-0.1, -0.05) is 20.8 Å². The lowest BCUT2D eigenvalue weighted by atomic mass is 9.43. The number of hydrogen-bond donors (Lipinski definition) is 5. The van der Waals surface area contributed by atoms with Crippen LogP contribution in [0.1, 0.15) is 105 Å². The first-order valence-corrected chi connectivity index (χ1v) is 17.4. The molecule has 12 heteroatoms. The fourth-order valence-corrected chi connectivity index (χ4v) is 10.6. The van der Waals surface area contributed by atoms with Crippen LogP contribution in [0, 0.1) is 46.3 Å². The van der Waals surface area contributed by atoms with Gasteiger partial charge in [-0.2, -0.15) is 0 Å². The van der Waals surface area contributed by atoms with Crippen LogP contribution >= 0.6 is 0 Å². The van der Waals surface area contributed by atoms with E-state index in [4.69, 9.17) is 25.2 Å². The number of ether oxygens (including phenoxy) is 1. The highest BCUT2D eigenvalue weighted by molar-refractivity contribution is 5.88. The molecule has 10 atom stereocenters. The Morgan fingerprint density at radius 1 is 0.915 bits per heavy atom. The molecule has 0 aromatic rings. The number of hydrogen-bond acceptors (Lipinski definition) is 9. The Labute approximate surface area is 277 Å². The molecule has 5 N–H and O–H groups in total. The average Bonchev–Trinajstić information content (AvgIpc) is 3.29. The van der Waals surface area contributed by atoms with Gasteiger partial charge in [-0.05, 0) is 112 Å². The minimum atomic E-state index is -2.74. The SMILES string of the molecule is CC(=O)[C@H]1CC[C@H]2[C@@H]3CC[C@H]4C[C@H](O)CC[C@]4(C)[C@H]3[C@@H](OC(=O)CN3CCCC(C)C3)C[C@]12C.O=C(O)CC(O)(CC(=O)O)C(=O)O. The fourth-order valence-electron chi connectivity index (χ4n) is 10.6. The van der Waals surface area contributed by atoms with Gasteiger partial charge < -0.3 is 30.3 Å². The van der Waals surface area contributed by atoms with Crippen LogP contribution in [0.2, 0.25) is 0 Å². The minimum Gasteiger partial charge on any atom is -0.481 e. The van der Waals surface area contributed by atoms with Crippen molar-refractivity contribution in [2.75, 3.05) is 19.6 Å². The molecule has 0 aromatic heterocycles. The summed E-state index contributed by atoms with van der Waals surface area (Å²) in [5.41, 5.74) is -2.69. The maximum atomic E-state index is 13.3. The number of carboxylic acid groups (broad SMARTS) is 3. The predicted molar refractivity (Wildman–Crippen MR) is 169 cm³/mol. The second kappa shape index (κ2) is 14.5. The number of esters is 1. The normalized spacial score (nSPS) is 38.4. The first-order valence-electron chi connectivity index (χ1n) is 17.4. The highest BCUT2D eigenvalue weighted by atomic mass is 16.5. The smallest absolute Gasteiger partial charge is 0.336 e. The van der Waals surface area contributed by atoms with E-state index >= 15 is 0 Å². The molecule has 0 amide bonds. The standard InChI is InChI=1S/C29H47NO4.C6H8O7/c1-18-6-5-13-30(16-18)17-26(33)34-25-15-29(4)23(19(2)31)9-10-24(29)22-8-7-20-14-21(32)11-12-28(20,3)27(22)25;7-3(8)1-6(13,5(11)12)2-4(9)10/h18,20-25,27,32H,5-17H2,1-4H3;13H,1-2H2,(H,7,8)(H,9,10)(H,11,12)/t18?,20-,21+,22-,23+,24-,25-,27+,28-,29+;/m0./s1. The summed E-state index contributed by atoms with van der Waals surface area (Å²) in [7, 11) is 0. The maximum Gasteiger partial charge on any atom is 0.336 e. The molecule has 4 aliphatic carbocycles. The Morgan fingerprint density at radius 2 is 1.57 bits per heavy atom. The predicted octanol–water partition coefficient (Wildman–Crippen LogP) is 3.60. The van der Waals surface area contributed by atoms with Gasteiger partial charge in [0.1, 0.15) is 11.9 Å². The molecule has 5 fully saturated rings. The van der Waals surface area contributed by atoms with E-state index in [2.05, 4.69) is 25.7 Å². The van der Waals surface area contributed by atoms with Crippen LogP contribution in [0.15, 0.2) is 0 Å². The van der Waals surface area contributed by atoms with Crippen LogP contribution in [0.5, 0.6) is 0 Å². The van der Waals surface area contributed by atoms with Crippen molar-refractivity contribution >= 4 is 29.7 Å². The fraction of sp³-hybridized carbons (Fsp3) is 0.857. The van der Waals surface area contributed by atoms with Gasteiger partial charge >= 0.3 is 23.9 Å². The minimum absolute atomic E-state index is 0.0606. The van der Waals surface area contributed by atoms with Crippen molar-refractivity contribution in [2.24, 2.45) is 46.3 Å². The zero-order chi connectivity index (χ0) is 34.9. The van der Waals surface area contributed by atoms with E-state index in [0.29, 0.717) is 41.9 Å². The number of aliphatic hydroxyl groups excluding tert-OH is 1. The van der Waals surface area contributed by atoms with Crippen LogP contribution in [0.3, 0.4) is 0 Å². The largest absolute Gasteiger partial charge is 0.481 e. The van der Waals surface area contributed by atoms with E-state index in [1.54, 1.807) is 6.92 Å². The number of fused-ring (bicyclic) bond motifs is 5. The summed E-state index contributed by atoms with van der Waals surface area (Å²) >= 11 is 0. The molecule has 0 radical (unpaired) electrons. The number of rotatable bonds is 9. The first-order chi connectivity index (χ1) is 21.9. The Balaban J connectivity index is 0.000000328. The monoisotopic (exact) mass is 665 g/mol. The molecule has 0 bridgehead atoms. The van der Waals surface area contributed by atoms with Gasteiger partial charge in [-0.3, -0.25) is 24.1 Å². The number of carbonyl (C=O) groups excluding carboxylic acids is 2. The highest BCUT2D eigenvalue weighted by Gasteiger charge is 2.64. The number of carboxylic acids is 3. The van der Waals surface area contributed by atoms with Gasteiger partial charge in [-0.15, -0.1) is 0 Å². The molecule has 266 valence electrons. The van der Waals surface area contributed by atoms with Gasteiger partial charge in [0.2, 0.25) is 0 Å². The van der Waals surface area contributed by atoms with Crippen molar-refractivity contribution in [1.29, 1.82) is 0 Å². The molecule has 1 heterocycles. The highest BCUT2D eigenvalue weighted by Crippen LogP contribution is 2.68. The number of Topliss-reactive ketones (excluding diaryl/α,β-unsaturated/α-hetero) is 1. The second-order valence-electron chi connectivity index (χ2n) is 15.9. The third-order valence-electron chi connectivity index (χ3n) is 12.7. The number of aliphatic carboxylic acids is 3. The summed E-state index contributed by atoms with van der Waals surface area (Å²) in [4.78, 5) is 58.8. The topological polar surface area (TPSA) is 199 Å². The molecule has 1 unspecified atom stereocenters. The molecule has 12 nitrogen and oxygen atoms in total. The molecular formula is C35H55NO11. The number of carbonyl (C=O) groups is 5. The Bertz CT molecular complexity index is 1190. The van der Waals surface area contributed by atoms with Crippen molar-refractivity contribution in [1.82, 2.24) is 4.90 Å². The number of nitrogens with zero attached hydrogens (tertiary/aromatic N) is 1. The molecule has 1 saturated heterocycles. The third-order valence-corrected chi connectivity index (χ3v) is 12.7. The first kappa shape index (κ1) is 37.3. The maximum absolute atomic E-state index is 13.3. The van der Waals surface area contributed by atoms with Crippen molar-refractivity contribution in [2.45, 2.75) is 123 Å². The lowest BCUT2D eigenvalue weighted by Gasteiger charge is -2.62. The van der Waals surface area contributed by atoms with E-state index in [1.807, 2.05) is 0 Å². The molecule has 0 aromatic carbocycles. The lowest BCUT2D eigenvalue weighted by Crippen LogP contribution is -2.60. The molecule has 4 saturated carbocycles. The van der Waals surface area contributed by atoms with Gasteiger partial charge in [0, 0.05) is 18.4 Å². The van der Waals surface area contributed by atoms with Crippen LogP contribution < -0.4 is 0 Å². The van der Waals surface area contributed by atoms with Crippen LogP contribution in [0.25, 0.3) is 0 Å². The third kappa shape index (κ3) is 8.02. The van der Waals surface area contributed by atoms with Gasteiger partial charge in [0.05, 0.1) is 25.5 Å². The Kier molecular flexibility index (Phi) is 11.5. The van der Waals surface area contributed by atoms with Crippen molar-refractivity contribution < 1.29 is 54.2 Å². The number of ketones is 1. The van der Waals surface area contributed by atoms with Gasteiger partial charge in [0.25, 0.3) is 0 Å². The molecule has 5 rings (SSSR count). The van der Waals surface area contributed by atoms with Crippen LogP contribution in [0.4, 0.5) is 0 Å². The van der Waals surface area contributed by atoms with Crippen molar-refractivity contribution in [3.8, 4) is 0 Å². The zero-order valence-electron chi connectivity index (χ0n) is 28.4. The molecule has 47 heavy (non-hydrogen) atoms. The van der Waals surface area contributed by atoms with E-state index in [9.17, 15) is 29.1 Å². The zero-order valence-corrected chi connectivity index (χ0v) is 28.4. The van der Waals surface area contributed by atoms with Crippen LogP contribution in [-0.4, -0.2) is 97.5 Å². The van der Waals surface area contributed by atoms with Crippen LogP contribution in [-0.2, 0) is 28.7 Å². The number of piperidine rings is 1. The second-order valence-corrected chi connectivity index (χ2v) is 15.9. The molecular weight excluding hydrogens is 610 g/mol. The summed E-state index contributed by atoms with van der Waals surface area (Å²) in [6.07, 6.45) is 7.88. The van der Waals surface area contributed by atoms with E-state index < -0.39 is 36.4 Å². The van der Waals surface area contributed by atoms with E-state index in [0.717, 1.165) is 64.5 Å². The van der Waals surface area contributed by atoms with Crippen molar-refractivity contribution in [3.05, 3.63) is 0 Å². The quantitative estimate of drug-likeness (QED) is 0.225. The summed E-state index contributed by atoms with van der Waals surface area (Å²) in [5.74, 6) is -2.10. The van der Waals surface area contributed by atoms with Crippen molar-refractivity contribution in [3.63, 3.8) is 0 Å². The van der Waals surface area contributed by atoms with E-state index in [-0.39, 0.29) is 34.9 Å². The average molecular weight is 666 g/mol. The Morgan fingerprint density at radius 3 is 2.15 bits per heavy atom. The summed E-state index contributed by atoms with van der Waals surface area (Å²) in [6.45, 7) is 11.2. The van der Waals surface area contributed by atoms with Gasteiger partial charge in [0.15, 0.2) is 5.60 Å². The Hall–Kier alpha value is -2.57. The van der Waals surface area contributed by atoms with E-state index in [1.165, 1.54) is 12.8 Å². The summed E-state index contributed by atoms with van der Waals surface area (Å²) < 4.78 is 6.49. The number of aliphatic hydroxyl groups is 2. The molecule has 0 spiro atoms. The summed E-state index contributed by atoms with van der Waals surface area (Å²) in [6, 6.07) is 0.